The largest absolute Gasteiger partial charge is 3.00 e. The van der Waals surface area contributed by atoms with Gasteiger partial charge in [0.1, 0.15) is 4.83 Å². The van der Waals surface area contributed by atoms with Crippen LogP contribution in [-0.2, 0) is 25.5 Å². The number of benzene rings is 5. The molecule has 0 bridgehead atoms. The number of hydrogen-bond acceptors (Lipinski definition) is 5. The smallest absolute Gasteiger partial charge is 0.661 e. The van der Waals surface area contributed by atoms with Gasteiger partial charge in [-0.25, -0.2) is 4.98 Å². The third-order valence-electron chi connectivity index (χ3n) is 11.3. The Bertz CT molecular complexity index is 3070. The molecule has 310 valence electrons. The maximum Gasteiger partial charge on any atom is 3.00 e. The first kappa shape index (κ1) is 43.1. The molecule has 0 fully saturated rings. The molecule has 1 aliphatic heterocycles. The number of rotatable bonds is 5. The summed E-state index contributed by atoms with van der Waals surface area (Å²) in [5.41, 5.74) is 12.6. The Kier molecular flexibility index (Phi) is 11.8. The Labute approximate surface area is 382 Å². The molecule has 5 nitrogen and oxygen atoms in total. The van der Waals surface area contributed by atoms with Crippen LogP contribution >= 0.6 is 11.3 Å². The van der Waals surface area contributed by atoms with Crippen LogP contribution in [0.5, 0.6) is 0 Å². The summed E-state index contributed by atoms with van der Waals surface area (Å²) in [5, 5.41) is 10.2. The van der Waals surface area contributed by atoms with E-state index in [1.165, 1.54) is 49.5 Å². The number of thiophene rings is 1. The maximum absolute atomic E-state index is 12.9. The van der Waals surface area contributed by atoms with Crippen LogP contribution in [0.1, 0.15) is 49.5 Å². The quantitative estimate of drug-likeness (QED) is 0.127. The van der Waals surface area contributed by atoms with E-state index in [1.807, 2.05) is 19.2 Å². The zero-order chi connectivity index (χ0) is 42.6. The van der Waals surface area contributed by atoms with E-state index in [0.29, 0.717) is 0 Å². The summed E-state index contributed by atoms with van der Waals surface area (Å²) in [6.45, 7) is 17.7. The number of aromatic nitrogens is 3. The van der Waals surface area contributed by atoms with Crippen molar-refractivity contribution in [3.63, 3.8) is 0 Å². The van der Waals surface area contributed by atoms with Crippen LogP contribution in [0.15, 0.2) is 134 Å². The molecule has 62 heavy (non-hydrogen) atoms. The minimum atomic E-state index is -1.34. The minimum Gasteiger partial charge on any atom is -0.661 e. The van der Waals surface area contributed by atoms with Crippen LogP contribution in [0.2, 0.25) is 19.6 Å². The zero-order valence-corrected chi connectivity index (χ0v) is 40.3. The molecule has 10 rings (SSSR count). The van der Waals surface area contributed by atoms with Gasteiger partial charge in [0.25, 0.3) is 0 Å². The molecule has 1 unspecified atom stereocenters. The zero-order valence-electron chi connectivity index (χ0n) is 36.1. The first-order valence-corrected chi connectivity index (χ1v) is 25.0. The molecule has 0 saturated heterocycles. The van der Waals surface area contributed by atoms with E-state index in [2.05, 4.69) is 172 Å². The van der Waals surface area contributed by atoms with E-state index in [4.69, 9.17) is 15.3 Å². The molecule has 0 aliphatic carbocycles. The van der Waals surface area contributed by atoms with Crippen molar-refractivity contribution in [2.45, 2.75) is 65.8 Å². The Hall–Kier alpha value is -5.57. The standard InChI is InChI=1S/C38H30N4S.C15H17FNSi.Ir/c1-23-13-18-29-31(39-23)20-21-32-34(29)42(26-16-14-25(15-17-26)24-9-6-5-7-10-24)36(40-32)30-12-8-11-27-28-19-22-33(38(2,3)4)41-37(28)43-35(27)30;1-11-9-14(12-5-7-13(16)8-6-12)17-10-15(11)18(2,3)4;/h5-11,13-22,36H,1-4H3;5,7-10H,1-4H3;/q-2;-1;+3. The molecule has 5 aromatic carbocycles. The third-order valence-corrected chi connectivity index (χ3v) is 14.6. The van der Waals surface area contributed by atoms with Gasteiger partial charge in [-0.2, -0.15) is 29.5 Å². The molecule has 4 aromatic heterocycles. The van der Waals surface area contributed by atoms with E-state index in [9.17, 15) is 4.39 Å². The average molecular weight is 1030 g/mol. The second kappa shape index (κ2) is 16.9. The van der Waals surface area contributed by atoms with E-state index >= 15 is 0 Å². The normalized spacial score (nSPS) is 13.7. The summed E-state index contributed by atoms with van der Waals surface area (Å²) in [7, 11) is -1.34. The monoisotopic (exact) mass is 1030 g/mol. The van der Waals surface area contributed by atoms with Gasteiger partial charge in [-0.1, -0.05) is 111 Å². The Morgan fingerprint density at radius 2 is 1.52 bits per heavy atom. The summed E-state index contributed by atoms with van der Waals surface area (Å²) in [4.78, 5) is 17.9. The maximum atomic E-state index is 12.9. The number of nitrogens with zero attached hydrogens (tertiary/aromatic N) is 5. The third kappa shape index (κ3) is 8.35. The topological polar surface area (TPSA) is 56.0 Å². The summed E-state index contributed by atoms with van der Waals surface area (Å²) in [5.74, 6) is -0.269. The van der Waals surface area contributed by atoms with Crippen LogP contribution < -0.4 is 10.1 Å². The van der Waals surface area contributed by atoms with Crippen molar-refractivity contribution in [1.82, 2.24) is 15.0 Å². The van der Waals surface area contributed by atoms with Crippen LogP contribution in [0.3, 0.4) is 0 Å². The van der Waals surface area contributed by atoms with Crippen molar-refractivity contribution in [2.75, 3.05) is 4.90 Å². The molecule has 0 spiro atoms. The van der Waals surface area contributed by atoms with Gasteiger partial charge in [-0.15, -0.1) is 46.5 Å². The predicted molar refractivity (Wildman–Crippen MR) is 257 cm³/mol. The summed E-state index contributed by atoms with van der Waals surface area (Å²) in [6, 6.07) is 49.5. The fourth-order valence-electron chi connectivity index (χ4n) is 8.16. The van der Waals surface area contributed by atoms with Crippen LogP contribution in [0, 0.1) is 31.8 Å². The molecule has 0 saturated carbocycles. The Balaban J connectivity index is 0.000000235. The van der Waals surface area contributed by atoms with Crippen molar-refractivity contribution in [3.8, 4) is 22.4 Å². The first-order valence-electron chi connectivity index (χ1n) is 20.7. The number of pyridine rings is 3. The fourth-order valence-corrected chi connectivity index (χ4v) is 11.1. The fraction of sp³-hybridized carbons (Fsp3) is 0.189. The molecule has 1 aliphatic rings. The number of hydrogen-bond donors (Lipinski definition) is 0. The van der Waals surface area contributed by atoms with Gasteiger partial charge in [-0.3, -0.25) is 9.37 Å². The van der Waals surface area contributed by atoms with Gasteiger partial charge in [-0.05, 0) is 83.8 Å². The van der Waals surface area contributed by atoms with Crippen LogP contribution in [0.4, 0.5) is 21.5 Å². The first-order chi connectivity index (χ1) is 29.2. The molecule has 9 heteroatoms. The number of anilines is 2. The van der Waals surface area contributed by atoms with Gasteiger partial charge in [0.15, 0.2) is 0 Å². The van der Waals surface area contributed by atoms with Gasteiger partial charge in [0.05, 0.1) is 13.6 Å². The van der Waals surface area contributed by atoms with E-state index < -0.39 is 8.07 Å². The average Bonchev–Trinajstić information content (AvgIpc) is 3.82. The minimum absolute atomic E-state index is 0. The summed E-state index contributed by atoms with van der Waals surface area (Å²) >= 11 is 1.75. The summed E-state index contributed by atoms with van der Waals surface area (Å²) in [6.07, 6.45) is 1.69. The molecule has 0 amide bonds. The van der Waals surface area contributed by atoms with Gasteiger partial charge < -0.3 is 15.2 Å². The molecule has 5 heterocycles. The number of halogens is 1. The van der Waals surface area contributed by atoms with Crippen LogP contribution in [0.25, 0.3) is 58.9 Å². The van der Waals surface area contributed by atoms with Gasteiger partial charge in [0, 0.05) is 45.6 Å². The Morgan fingerprint density at radius 1 is 0.774 bits per heavy atom. The van der Waals surface area contributed by atoms with Crippen molar-refractivity contribution in [2.24, 2.45) is 0 Å². The van der Waals surface area contributed by atoms with Crippen molar-refractivity contribution in [1.29, 1.82) is 0 Å². The molecular weight excluding hydrogens is 978 g/mol. The Morgan fingerprint density at radius 3 is 2.21 bits per heavy atom. The van der Waals surface area contributed by atoms with Crippen molar-refractivity contribution in [3.05, 3.63) is 179 Å². The number of fused-ring (bicyclic) bond motifs is 6. The van der Waals surface area contributed by atoms with Crippen molar-refractivity contribution >= 4 is 72.9 Å². The number of aryl methyl sites for hydroxylation is 2. The summed E-state index contributed by atoms with van der Waals surface area (Å²) < 4.78 is 14.0. The second-order valence-corrected chi connectivity index (χ2v) is 23.9. The molecule has 0 radical (unpaired) electrons. The second-order valence-electron chi connectivity index (χ2n) is 17.8. The molecule has 1 atom stereocenters. The van der Waals surface area contributed by atoms with E-state index in [-0.39, 0.29) is 37.5 Å². The molecule has 0 N–H and O–H groups in total. The molecular formula is C53H47FIrN5SSi. The van der Waals surface area contributed by atoms with Crippen LogP contribution in [-0.4, -0.2) is 23.0 Å². The van der Waals surface area contributed by atoms with Gasteiger partial charge in [0.2, 0.25) is 0 Å². The van der Waals surface area contributed by atoms with Gasteiger partial charge >= 0.3 is 20.1 Å². The molecule has 9 aromatic rings. The predicted octanol–water partition coefficient (Wildman–Crippen LogP) is 14.5. The van der Waals surface area contributed by atoms with Crippen molar-refractivity contribution < 1.29 is 24.5 Å². The van der Waals surface area contributed by atoms with E-state index in [1.54, 1.807) is 17.4 Å². The SMILES string of the molecule is Cc1cc(-c2[c-]cc(F)cc2)ncc1[Si](C)(C)C.Cc1ccc2c3c(ccc2n1)[N-]C(c1[c-]ccc2c1sc1nc(C(C)(C)C)ccc12)N3c1ccc(-c2ccccc2)cc1.[Ir+3]. The van der Waals surface area contributed by atoms with E-state index in [0.717, 1.165) is 61.0 Å².